The van der Waals surface area contributed by atoms with Crippen molar-refractivity contribution in [2.75, 3.05) is 34.5 Å². The van der Waals surface area contributed by atoms with Crippen molar-refractivity contribution in [3.05, 3.63) is 23.8 Å². The lowest BCUT2D eigenvalue weighted by molar-refractivity contribution is 0.179. The molecular formula is C17H29N3O3. The molecule has 0 aliphatic carbocycles. The van der Waals surface area contributed by atoms with Crippen molar-refractivity contribution in [2.24, 2.45) is 10.7 Å². The Labute approximate surface area is 139 Å². The third-order valence-corrected chi connectivity index (χ3v) is 3.62. The van der Waals surface area contributed by atoms with Crippen molar-refractivity contribution in [2.45, 2.75) is 32.2 Å². The first-order valence-corrected chi connectivity index (χ1v) is 7.62. The maximum Gasteiger partial charge on any atom is 0.188 e. The second-order valence-electron chi connectivity index (χ2n) is 6.16. The fourth-order valence-corrected chi connectivity index (χ4v) is 2.22. The van der Waals surface area contributed by atoms with Crippen LogP contribution in [-0.2, 0) is 10.2 Å². The molecule has 0 saturated heterocycles. The van der Waals surface area contributed by atoms with Crippen LogP contribution in [0.1, 0.15) is 26.3 Å². The predicted molar refractivity (Wildman–Crippen MR) is 93.5 cm³/mol. The van der Waals surface area contributed by atoms with Crippen LogP contribution < -0.4 is 20.5 Å². The summed E-state index contributed by atoms with van der Waals surface area (Å²) >= 11 is 0. The number of guanidine groups is 1. The maximum absolute atomic E-state index is 5.93. The second kappa shape index (κ2) is 8.62. The van der Waals surface area contributed by atoms with Gasteiger partial charge in [-0.25, -0.2) is 0 Å². The molecule has 0 fully saturated rings. The number of nitrogens with two attached hydrogens (primary N) is 1. The van der Waals surface area contributed by atoms with Crippen molar-refractivity contribution in [3.8, 4) is 11.5 Å². The van der Waals surface area contributed by atoms with E-state index in [2.05, 4.69) is 24.2 Å². The third kappa shape index (κ3) is 5.63. The molecule has 1 unspecified atom stereocenters. The highest BCUT2D eigenvalue weighted by atomic mass is 16.5. The van der Waals surface area contributed by atoms with Crippen LogP contribution in [0.4, 0.5) is 0 Å². The molecule has 0 heterocycles. The number of aliphatic imine (C=N–C) groups is 1. The Morgan fingerprint density at radius 1 is 1.22 bits per heavy atom. The van der Waals surface area contributed by atoms with Crippen LogP contribution in [0.2, 0.25) is 0 Å². The van der Waals surface area contributed by atoms with E-state index < -0.39 is 0 Å². The Hall–Kier alpha value is -1.95. The van der Waals surface area contributed by atoms with Crippen LogP contribution in [0.15, 0.2) is 23.2 Å². The van der Waals surface area contributed by atoms with E-state index in [-0.39, 0.29) is 11.5 Å². The molecule has 0 spiro atoms. The molecule has 0 saturated carbocycles. The third-order valence-electron chi connectivity index (χ3n) is 3.62. The molecule has 3 N–H and O–H groups in total. The van der Waals surface area contributed by atoms with Crippen molar-refractivity contribution >= 4 is 5.96 Å². The van der Waals surface area contributed by atoms with Gasteiger partial charge in [-0.1, -0.05) is 19.9 Å². The summed E-state index contributed by atoms with van der Waals surface area (Å²) in [5.41, 5.74) is 6.85. The van der Waals surface area contributed by atoms with E-state index in [9.17, 15) is 0 Å². The molecule has 0 aliphatic rings. The van der Waals surface area contributed by atoms with Gasteiger partial charge in [0.1, 0.15) is 0 Å². The molecule has 1 aromatic carbocycles. The van der Waals surface area contributed by atoms with Gasteiger partial charge in [0.15, 0.2) is 17.5 Å². The molecule has 0 bridgehead atoms. The number of ether oxygens (including phenoxy) is 3. The zero-order valence-electron chi connectivity index (χ0n) is 15.0. The van der Waals surface area contributed by atoms with Gasteiger partial charge >= 0.3 is 0 Å². The van der Waals surface area contributed by atoms with Crippen LogP contribution in [-0.4, -0.2) is 46.5 Å². The zero-order valence-corrected chi connectivity index (χ0v) is 15.0. The fraction of sp³-hybridized carbons (Fsp3) is 0.588. The fourth-order valence-electron chi connectivity index (χ4n) is 2.22. The first-order valence-electron chi connectivity index (χ1n) is 7.62. The molecule has 130 valence electrons. The number of hydrogen-bond acceptors (Lipinski definition) is 4. The van der Waals surface area contributed by atoms with Crippen LogP contribution in [0.5, 0.6) is 11.5 Å². The van der Waals surface area contributed by atoms with Gasteiger partial charge in [0, 0.05) is 18.6 Å². The Balaban J connectivity index is 2.82. The smallest absolute Gasteiger partial charge is 0.188 e. The summed E-state index contributed by atoms with van der Waals surface area (Å²) in [4.78, 5) is 4.45. The quantitative estimate of drug-likeness (QED) is 0.564. The average molecular weight is 323 g/mol. The first-order chi connectivity index (χ1) is 10.8. The number of rotatable bonds is 8. The molecule has 6 heteroatoms. The Bertz CT molecular complexity index is 530. The minimum atomic E-state index is -0.184. The van der Waals surface area contributed by atoms with Crippen LogP contribution >= 0.6 is 0 Å². The van der Waals surface area contributed by atoms with Gasteiger partial charge in [0.05, 0.1) is 27.4 Å². The predicted octanol–water partition coefficient (Wildman–Crippen LogP) is 1.92. The van der Waals surface area contributed by atoms with Crippen LogP contribution in [0.3, 0.4) is 0 Å². The van der Waals surface area contributed by atoms with Crippen molar-refractivity contribution in [1.29, 1.82) is 0 Å². The van der Waals surface area contributed by atoms with E-state index in [1.807, 2.05) is 25.1 Å². The molecule has 6 nitrogen and oxygen atoms in total. The van der Waals surface area contributed by atoms with E-state index in [0.717, 1.165) is 5.56 Å². The Morgan fingerprint density at radius 3 is 2.43 bits per heavy atom. The lowest BCUT2D eigenvalue weighted by Gasteiger charge is -2.24. The summed E-state index contributed by atoms with van der Waals surface area (Å²) in [5, 5.41) is 3.10. The molecule has 1 atom stereocenters. The number of nitrogens with one attached hydrogen (secondary N) is 1. The van der Waals surface area contributed by atoms with Crippen LogP contribution in [0.25, 0.3) is 0 Å². The van der Waals surface area contributed by atoms with Crippen molar-refractivity contribution in [1.82, 2.24) is 5.32 Å². The van der Waals surface area contributed by atoms with Gasteiger partial charge in [-0.3, -0.25) is 4.99 Å². The van der Waals surface area contributed by atoms with Crippen molar-refractivity contribution < 1.29 is 14.2 Å². The first kappa shape index (κ1) is 19.1. The van der Waals surface area contributed by atoms with E-state index in [1.165, 1.54) is 0 Å². The molecule has 0 aromatic heterocycles. The molecule has 1 rings (SSSR count). The molecular weight excluding hydrogens is 294 g/mol. The normalized spacial score (nSPS) is 13.6. The topological polar surface area (TPSA) is 78.1 Å². The SMILES string of the molecule is COCC(C)NC(N)=NCC(C)(C)c1ccc(OC)c(OC)c1. The molecule has 1 aromatic rings. The number of hydrogen-bond donors (Lipinski definition) is 2. The Kier molecular flexibility index (Phi) is 7.16. The monoisotopic (exact) mass is 323 g/mol. The van der Waals surface area contributed by atoms with Gasteiger partial charge in [-0.2, -0.15) is 0 Å². The number of methoxy groups -OCH3 is 3. The van der Waals surface area contributed by atoms with E-state index in [4.69, 9.17) is 19.9 Å². The van der Waals surface area contributed by atoms with Gasteiger partial charge in [0.25, 0.3) is 0 Å². The highest BCUT2D eigenvalue weighted by Crippen LogP contribution is 2.33. The van der Waals surface area contributed by atoms with Crippen LogP contribution in [0, 0.1) is 0 Å². The standard InChI is InChI=1S/C17H29N3O3/c1-12(10-21-4)20-16(18)19-11-17(2,3)13-7-8-14(22-5)15(9-13)23-6/h7-9,12H,10-11H2,1-6H3,(H3,18,19,20). The summed E-state index contributed by atoms with van der Waals surface area (Å²) in [6, 6.07) is 6.02. The minimum absolute atomic E-state index is 0.118. The Morgan fingerprint density at radius 2 is 1.87 bits per heavy atom. The van der Waals surface area contributed by atoms with Crippen molar-refractivity contribution in [3.63, 3.8) is 0 Å². The lowest BCUT2D eigenvalue weighted by atomic mass is 9.84. The molecule has 0 amide bonds. The summed E-state index contributed by atoms with van der Waals surface area (Å²) in [6.07, 6.45) is 0. The number of benzene rings is 1. The summed E-state index contributed by atoms with van der Waals surface area (Å²) in [7, 11) is 4.91. The summed E-state index contributed by atoms with van der Waals surface area (Å²) in [5.74, 6) is 1.84. The highest BCUT2D eigenvalue weighted by Gasteiger charge is 2.22. The van der Waals surface area contributed by atoms with Gasteiger partial charge < -0.3 is 25.3 Å². The second-order valence-corrected chi connectivity index (χ2v) is 6.16. The largest absolute Gasteiger partial charge is 0.493 e. The molecule has 23 heavy (non-hydrogen) atoms. The average Bonchev–Trinajstić information content (AvgIpc) is 2.52. The maximum atomic E-state index is 5.93. The summed E-state index contributed by atoms with van der Waals surface area (Å²) in [6.45, 7) is 7.36. The van der Waals surface area contributed by atoms with Gasteiger partial charge in [-0.15, -0.1) is 0 Å². The summed E-state index contributed by atoms with van der Waals surface area (Å²) < 4.78 is 15.7. The molecule has 0 aliphatic heterocycles. The van der Waals surface area contributed by atoms with E-state index in [0.29, 0.717) is 30.6 Å². The zero-order chi connectivity index (χ0) is 17.5. The minimum Gasteiger partial charge on any atom is -0.493 e. The van der Waals surface area contributed by atoms with E-state index >= 15 is 0 Å². The van der Waals surface area contributed by atoms with E-state index in [1.54, 1.807) is 21.3 Å². The lowest BCUT2D eigenvalue weighted by Crippen LogP contribution is -2.41. The van der Waals surface area contributed by atoms with Gasteiger partial charge in [0.2, 0.25) is 0 Å². The highest BCUT2D eigenvalue weighted by molar-refractivity contribution is 5.78. The number of nitrogens with zero attached hydrogens (tertiary/aromatic N) is 1. The molecule has 0 radical (unpaired) electrons. The van der Waals surface area contributed by atoms with Gasteiger partial charge in [-0.05, 0) is 24.6 Å².